The number of aryl methyl sites for hydroxylation is 1. The van der Waals surface area contributed by atoms with Crippen molar-refractivity contribution in [1.82, 2.24) is 24.2 Å². The first kappa shape index (κ1) is 26.7. The number of likely N-dealkylation sites (N-methyl/N-ethyl adjacent to an activating group) is 1. The second-order valence-corrected chi connectivity index (χ2v) is 11.0. The number of carbonyl (C=O) groups excluding carboxylic acids is 1. The number of nitrogens with zero attached hydrogens (tertiary/aromatic N) is 6. The second-order valence-electron chi connectivity index (χ2n) is 8.91. The number of benzene rings is 1. The zero-order valence-corrected chi connectivity index (χ0v) is 21.1. The van der Waals surface area contributed by atoms with Crippen molar-refractivity contribution in [2.75, 3.05) is 26.7 Å². The summed E-state index contributed by atoms with van der Waals surface area (Å²) in [6, 6.07) is 7.42. The van der Waals surface area contributed by atoms with E-state index in [1.54, 1.807) is 28.8 Å². The normalized spacial score (nSPS) is 21.0. The van der Waals surface area contributed by atoms with Crippen LogP contribution in [0.3, 0.4) is 0 Å². The van der Waals surface area contributed by atoms with Gasteiger partial charge in [-0.25, -0.2) is 8.42 Å². The molecular formula is C23H32N6O5S. The molecule has 1 aromatic heterocycles. The van der Waals surface area contributed by atoms with Crippen molar-refractivity contribution >= 4 is 15.9 Å². The largest absolute Gasteiger partial charge is 0.394 e. The molecule has 1 amide bonds. The van der Waals surface area contributed by atoms with Gasteiger partial charge < -0.3 is 14.7 Å². The van der Waals surface area contributed by atoms with Gasteiger partial charge >= 0.3 is 0 Å². The number of sulfonamides is 1. The molecule has 35 heavy (non-hydrogen) atoms. The quantitative estimate of drug-likeness (QED) is 0.614. The van der Waals surface area contributed by atoms with E-state index in [-0.39, 0.29) is 48.1 Å². The predicted molar refractivity (Wildman–Crippen MR) is 126 cm³/mol. The Bertz CT molecular complexity index is 1160. The zero-order chi connectivity index (χ0) is 25.6. The fourth-order valence-corrected chi connectivity index (χ4v) is 5.18. The Morgan fingerprint density at radius 3 is 2.89 bits per heavy atom. The number of aliphatic hydroxyl groups excluding tert-OH is 1. The minimum absolute atomic E-state index is 0.0178. The molecule has 0 radical (unpaired) electrons. The van der Waals surface area contributed by atoms with Crippen LogP contribution >= 0.6 is 0 Å². The lowest BCUT2D eigenvalue weighted by Crippen LogP contribution is -2.47. The third-order valence-electron chi connectivity index (χ3n) is 6.15. The highest BCUT2D eigenvalue weighted by Crippen LogP contribution is 2.21. The van der Waals surface area contributed by atoms with Crippen LogP contribution < -0.4 is 0 Å². The highest BCUT2D eigenvalue weighted by Gasteiger charge is 2.31. The standard InChI is InChI=1S/C23H32N6O5S/c1-17-12-29(18(2)15-30)23(31)8-5-9-28-13-20(25-26-28)16-34-22(17)14-27(3)35(32,33)21-7-4-6-19(10-21)11-24/h4,6-7,10,13,17-18,22,30H,5,8-9,12,14-16H2,1-3H3/t17-,18+,22+/m0/s1. The summed E-state index contributed by atoms with van der Waals surface area (Å²) in [6.45, 7) is 4.47. The summed E-state index contributed by atoms with van der Waals surface area (Å²) in [7, 11) is -2.43. The molecule has 2 heterocycles. The molecule has 1 aliphatic heterocycles. The smallest absolute Gasteiger partial charge is 0.242 e. The Labute approximate surface area is 205 Å². The van der Waals surface area contributed by atoms with Crippen LogP contribution in [0.2, 0.25) is 0 Å². The number of rotatable bonds is 6. The highest BCUT2D eigenvalue weighted by atomic mass is 32.2. The molecule has 190 valence electrons. The first-order valence-corrected chi connectivity index (χ1v) is 13.0. The molecule has 0 saturated carbocycles. The third-order valence-corrected chi connectivity index (χ3v) is 7.97. The van der Waals surface area contributed by atoms with Crippen molar-refractivity contribution in [2.24, 2.45) is 5.92 Å². The first-order valence-electron chi connectivity index (χ1n) is 11.5. The Morgan fingerprint density at radius 2 is 2.17 bits per heavy atom. The number of aromatic nitrogens is 3. The Kier molecular flexibility index (Phi) is 8.96. The van der Waals surface area contributed by atoms with E-state index in [2.05, 4.69) is 10.3 Å². The summed E-state index contributed by atoms with van der Waals surface area (Å²) in [4.78, 5) is 14.6. The summed E-state index contributed by atoms with van der Waals surface area (Å²) >= 11 is 0. The van der Waals surface area contributed by atoms with Crippen LogP contribution in [0.5, 0.6) is 0 Å². The van der Waals surface area contributed by atoms with Gasteiger partial charge in [-0.15, -0.1) is 5.10 Å². The maximum absolute atomic E-state index is 13.2. The molecule has 3 rings (SSSR count). The van der Waals surface area contributed by atoms with E-state index < -0.39 is 16.1 Å². The summed E-state index contributed by atoms with van der Waals surface area (Å²) in [6.07, 6.45) is 2.05. The van der Waals surface area contributed by atoms with Crippen LogP contribution in [0.25, 0.3) is 0 Å². The summed E-state index contributed by atoms with van der Waals surface area (Å²) in [5.74, 6) is -0.349. The van der Waals surface area contributed by atoms with Crippen molar-refractivity contribution < 1.29 is 23.1 Å². The molecule has 0 saturated heterocycles. The number of nitriles is 1. The monoisotopic (exact) mass is 504 g/mol. The molecule has 1 N–H and O–H groups in total. The first-order chi connectivity index (χ1) is 16.6. The molecule has 0 spiro atoms. The van der Waals surface area contributed by atoms with Crippen LogP contribution in [0.4, 0.5) is 0 Å². The van der Waals surface area contributed by atoms with Gasteiger partial charge in [0.05, 0.1) is 48.1 Å². The van der Waals surface area contributed by atoms with Gasteiger partial charge in [-0.3, -0.25) is 9.48 Å². The van der Waals surface area contributed by atoms with Crippen LogP contribution in [-0.2, 0) is 32.7 Å². The summed E-state index contributed by atoms with van der Waals surface area (Å²) < 4.78 is 35.4. The lowest BCUT2D eigenvalue weighted by Gasteiger charge is -2.35. The van der Waals surface area contributed by atoms with Crippen molar-refractivity contribution in [1.29, 1.82) is 5.26 Å². The topological polar surface area (TPSA) is 142 Å². The summed E-state index contributed by atoms with van der Waals surface area (Å²) in [5, 5.41) is 27.0. The lowest BCUT2D eigenvalue weighted by molar-refractivity contribution is -0.136. The number of aliphatic hydroxyl groups is 1. The average Bonchev–Trinajstić information content (AvgIpc) is 3.31. The third kappa shape index (κ3) is 6.64. The van der Waals surface area contributed by atoms with Crippen molar-refractivity contribution in [3.63, 3.8) is 0 Å². The van der Waals surface area contributed by atoms with E-state index in [1.807, 2.05) is 13.0 Å². The Balaban J connectivity index is 1.87. The van der Waals surface area contributed by atoms with Crippen LogP contribution in [0.1, 0.15) is 37.9 Å². The SMILES string of the molecule is C[C@H](CO)N1C[C@H](C)[C@@H](CN(C)S(=O)(=O)c2cccc(C#N)c2)OCc2cn(nn2)CCCC1=O. The molecule has 11 nitrogen and oxygen atoms in total. The predicted octanol–water partition coefficient (Wildman–Crippen LogP) is 0.995. The molecule has 1 aromatic carbocycles. The van der Waals surface area contributed by atoms with Gasteiger partial charge in [-0.05, 0) is 31.5 Å². The number of amides is 1. The van der Waals surface area contributed by atoms with Gasteiger partial charge in [0.2, 0.25) is 15.9 Å². The maximum atomic E-state index is 13.2. The lowest BCUT2D eigenvalue weighted by atomic mass is 10.0. The van der Waals surface area contributed by atoms with Gasteiger partial charge in [0, 0.05) is 39.0 Å². The Hall–Kier alpha value is -2.85. The molecule has 0 fully saturated rings. The molecule has 2 aromatic rings. The molecule has 2 bridgehead atoms. The molecular weight excluding hydrogens is 472 g/mol. The van der Waals surface area contributed by atoms with Gasteiger partial charge in [-0.2, -0.15) is 9.57 Å². The number of hydrogen-bond acceptors (Lipinski definition) is 8. The number of fused-ring (bicyclic) bond motifs is 2. The maximum Gasteiger partial charge on any atom is 0.242 e. The van der Waals surface area contributed by atoms with Gasteiger partial charge in [0.1, 0.15) is 5.69 Å². The van der Waals surface area contributed by atoms with Crippen molar-refractivity contribution in [3.05, 3.63) is 41.7 Å². The number of carbonyl (C=O) groups is 1. The van der Waals surface area contributed by atoms with Crippen LogP contribution in [0.15, 0.2) is 35.4 Å². The van der Waals surface area contributed by atoms with Crippen LogP contribution in [-0.4, -0.2) is 82.5 Å². The number of hydrogen-bond donors (Lipinski definition) is 1. The minimum Gasteiger partial charge on any atom is -0.394 e. The second kappa shape index (κ2) is 11.7. The Morgan fingerprint density at radius 1 is 1.40 bits per heavy atom. The van der Waals surface area contributed by atoms with E-state index in [1.165, 1.54) is 29.6 Å². The van der Waals surface area contributed by atoms with Crippen molar-refractivity contribution in [2.45, 2.75) is 56.9 Å². The van der Waals surface area contributed by atoms with Crippen molar-refractivity contribution in [3.8, 4) is 6.07 Å². The van der Waals surface area contributed by atoms with E-state index in [9.17, 15) is 18.3 Å². The minimum atomic E-state index is -3.89. The molecule has 12 heteroatoms. The molecule has 0 aliphatic carbocycles. The van der Waals surface area contributed by atoms with E-state index >= 15 is 0 Å². The van der Waals surface area contributed by atoms with E-state index in [0.717, 1.165) is 0 Å². The van der Waals surface area contributed by atoms with E-state index in [0.29, 0.717) is 31.6 Å². The molecule has 0 unspecified atom stereocenters. The van der Waals surface area contributed by atoms with Gasteiger partial charge in [-0.1, -0.05) is 18.2 Å². The fourth-order valence-electron chi connectivity index (χ4n) is 3.95. The molecule has 3 atom stereocenters. The van der Waals surface area contributed by atoms with Gasteiger partial charge in [0.25, 0.3) is 0 Å². The van der Waals surface area contributed by atoms with Crippen LogP contribution in [0, 0.1) is 17.2 Å². The molecule has 1 aliphatic rings. The zero-order valence-electron chi connectivity index (χ0n) is 20.2. The van der Waals surface area contributed by atoms with E-state index in [4.69, 9.17) is 10.00 Å². The van der Waals surface area contributed by atoms with Gasteiger partial charge in [0.15, 0.2) is 0 Å². The average molecular weight is 505 g/mol. The highest BCUT2D eigenvalue weighted by molar-refractivity contribution is 7.89. The fraction of sp³-hybridized carbons (Fsp3) is 0.565. The number of ether oxygens (including phenoxy) is 1. The summed E-state index contributed by atoms with van der Waals surface area (Å²) in [5.41, 5.74) is 0.863.